The van der Waals surface area contributed by atoms with Crippen molar-refractivity contribution in [2.45, 2.75) is 24.5 Å². The van der Waals surface area contributed by atoms with Crippen molar-refractivity contribution in [2.24, 2.45) is 0 Å². The van der Waals surface area contributed by atoms with Crippen LogP contribution in [0.25, 0.3) is 0 Å². The van der Waals surface area contributed by atoms with Gasteiger partial charge in [-0.15, -0.1) is 0 Å². The minimum Gasteiger partial charge on any atom is -0.490 e. The molecule has 18 heavy (non-hydrogen) atoms. The Balaban J connectivity index is 2.09. The number of hydrogen-bond donors (Lipinski definition) is 2. The van der Waals surface area contributed by atoms with Crippen LogP contribution in [-0.2, 0) is 0 Å². The van der Waals surface area contributed by atoms with Crippen LogP contribution in [0.1, 0.15) is 19.8 Å². The molecule has 2 N–H and O–H groups in total. The monoisotopic (exact) mass is 268 g/mol. The first-order chi connectivity index (χ1) is 8.68. The number of anilines is 2. The van der Waals surface area contributed by atoms with Gasteiger partial charge in [0, 0.05) is 18.3 Å². The van der Waals surface area contributed by atoms with Crippen molar-refractivity contribution in [3.8, 4) is 5.75 Å². The number of rotatable bonds is 5. The van der Waals surface area contributed by atoms with Gasteiger partial charge in [-0.1, -0.05) is 0 Å². The Bertz CT molecular complexity index is 407. The molecule has 1 atom stereocenters. The first-order valence-electron chi connectivity index (χ1n) is 6.13. The molecule has 1 aromatic heterocycles. The maximum Gasteiger partial charge on any atom is 0.204 e. The highest BCUT2D eigenvalue weighted by Crippen LogP contribution is 2.38. The Morgan fingerprint density at radius 1 is 1.44 bits per heavy atom. The first-order valence-corrected chi connectivity index (χ1v) is 7.12. The number of thioether (sulfide) groups is 1. The van der Waals surface area contributed by atoms with Gasteiger partial charge < -0.3 is 15.4 Å². The Kier molecular flexibility index (Phi) is 4.16. The van der Waals surface area contributed by atoms with Gasteiger partial charge in [0.05, 0.1) is 7.11 Å². The second-order valence-corrected chi connectivity index (χ2v) is 6.29. The smallest absolute Gasteiger partial charge is 0.204 e. The van der Waals surface area contributed by atoms with E-state index in [0.717, 1.165) is 12.4 Å². The van der Waals surface area contributed by atoms with E-state index >= 15 is 0 Å². The average Bonchev–Trinajstić information content (AvgIpc) is 2.83. The standard InChI is InChI=1S/C12H20N4OS/c1-12(5-4-6-18-12)7-14-11-9(17-3)10(13-2)15-8-16-11/h8H,4-7H2,1-3H3,(H2,13,14,15,16). The van der Waals surface area contributed by atoms with Crippen molar-refractivity contribution in [2.75, 3.05) is 37.1 Å². The Hall–Kier alpha value is -1.17. The predicted molar refractivity (Wildman–Crippen MR) is 76.7 cm³/mol. The number of hydrogen-bond acceptors (Lipinski definition) is 6. The van der Waals surface area contributed by atoms with Crippen LogP contribution in [0.5, 0.6) is 5.75 Å². The lowest BCUT2D eigenvalue weighted by atomic mass is 10.1. The molecule has 2 heterocycles. The zero-order chi connectivity index (χ0) is 13.0. The molecule has 1 aliphatic heterocycles. The SMILES string of the molecule is CNc1ncnc(NCC2(C)CCCS2)c1OC. The topological polar surface area (TPSA) is 59.1 Å². The highest BCUT2D eigenvalue weighted by atomic mass is 32.2. The Labute approximate surface area is 112 Å². The van der Waals surface area contributed by atoms with Gasteiger partial charge in [-0.2, -0.15) is 11.8 Å². The summed E-state index contributed by atoms with van der Waals surface area (Å²) in [5.41, 5.74) is 0. The number of aromatic nitrogens is 2. The fraction of sp³-hybridized carbons (Fsp3) is 0.667. The third-order valence-corrected chi connectivity index (χ3v) is 4.71. The lowest BCUT2D eigenvalue weighted by Gasteiger charge is -2.24. The average molecular weight is 268 g/mol. The minimum atomic E-state index is 0.301. The highest BCUT2D eigenvalue weighted by Gasteiger charge is 2.29. The maximum atomic E-state index is 5.36. The molecule has 0 aromatic carbocycles. The lowest BCUT2D eigenvalue weighted by molar-refractivity contribution is 0.414. The van der Waals surface area contributed by atoms with E-state index in [4.69, 9.17) is 4.74 Å². The summed E-state index contributed by atoms with van der Waals surface area (Å²) in [5.74, 6) is 3.39. The van der Waals surface area contributed by atoms with E-state index < -0.39 is 0 Å². The summed E-state index contributed by atoms with van der Waals surface area (Å²) >= 11 is 2.02. The predicted octanol–water partition coefficient (Wildman–Crippen LogP) is 2.22. The van der Waals surface area contributed by atoms with Gasteiger partial charge in [0.2, 0.25) is 5.75 Å². The van der Waals surface area contributed by atoms with Crippen molar-refractivity contribution in [1.82, 2.24) is 9.97 Å². The summed E-state index contributed by atoms with van der Waals surface area (Å²) in [6.07, 6.45) is 4.09. The molecular weight excluding hydrogens is 248 g/mol. The summed E-state index contributed by atoms with van der Waals surface area (Å²) in [6, 6.07) is 0. The summed E-state index contributed by atoms with van der Waals surface area (Å²) in [4.78, 5) is 8.39. The maximum absolute atomic E-state index is 5.36. The van der Waals surface area contributed by atoms with Gasteiger partial charge in [-0.3, -0.25) is 0 Å². The zero-order valence-electron chi connectivity index (χ0n) is 11.1. The number of nitrogens with zero attached hydrogens (tertiary/aromatic N) is 2. The number of methoxy groups -OCH3 is 1. The summed E-state index contributed by atoms with van der Waals surface area (Å²) < 4.78 is 5.66. The molecular formula is C12H20N4OS. The fourth-order valence-electron chi connectivity index (χ4n) is 2.12. The third-order valence-electron chi connectivity index (χ3n) is 3.18. The Morgan fingerprint density at radius 2 is 2.22 bits per heavy atom. The quantitative estimate of drug-likeness (QED) is 0.854. The van der Waals surface area contributed by atoms with E-state index in [1.807, 2.05) is 18.8 Å². The molecule has 0 saturated carbocycles. The van der Waals surface area contributed by atoms with Crippen LogP contribution in [0.4, 0.5) is 11.6 Å². The van der Waals surface area contributed by atoms with Crippen LogP contribution in [0.15, 0.2) is 6.33 Å². The minimum absolute atomic E-state index is 0.301. The van der Waals surface area contributed by atoms with Gasteiger partial charge in [0.25, 0.3) is 0 Å². The number of nitrogens with one attached hydrogen (secondary N) is 2. The van der Waals surface area contributed by atoms with Gasteiger partial charge >= 0.3 is 0 Å². The van der Waals surface area contributed by atoms with Crippen LogP contribution in [-0.4, -0.2) is 41.2 Å². The largest absolute Gasteiger partial charge is 0.490 e. The van der Waals surface area contributed by atoms with Gasteiger partial charge in [0.15, 0.2) is 11.6 Å². The summed E-state index contributed by atoms with van der Waals surface area (Å²) in [7, 11) is 3.46. The van der Waals surface area contributed by atoms with Crippen LogP contribution in [0.3, 0.4) is 0 Å². The van der Waals surface area contributed by atoms with E-state index in [2.05, 4.69) is 27.5 Å². The second kappa shape index (κ2) is 5.65. The molecule has 1 saturated heterocycles. The molecule has 0 aliphatic carbocycles. The molecule has 2 rings (SSSR count). The molecule has 5 nitrogen and oxygen atoms in total. The Morgan fingerprint density at radius 3 is 2.83 bits per heavy atom. The molecule has 100 valence electrons. The summed E-state index contributed by atoms with van der Waals surface area (Å²) in [6.45, 7) is 3.19. The molecule has 1 fully saturated rings. The molecule has 0 radical (unpaired) electrons. The normalized spacial score (nSPS) is 22.8. The van der Waals surface area contributed by atoms with Crippen molar-refractivity contribution in [1.29, 1.82) is 0 Å². The van der Waals surface area contributed by atoms with Crippen molar-refractivity contribution in [3.63, 3.8) is 0 Å². The fourth-order valence-corrected chi connectivity index (χ4v) is 3.36. The van der Waals surface area contributed by atoms with Crippen LogP contribution in [0.2, 0.25) is 0 Å². The molecule has 1 aliphatic rings. The first kappa shape index (κ1) is 13.3. The van der Waals surface area contributed by atoms with Crippen LogP contribution >= 0.6 is 11.8 Å². The van der Waals surface area contributed by atoms with Crippen LogP contribution < -0.4 is 15.4 Å². The van der Waals surface area contributed by atoms with E-state index in [0.29, 0.717) is 16.3 Å². The lowest BCUT2D eigenvalue weighted by Crippen LogP contribution is -2.27. The van der Waals surface area contributed by atoms with Crippen molar-refractivity contribution in [3.05, 3.63) is 6.33 Å². The van der Waals surface area contributed by atoms with E-state index in [1.54, 1.807) is 13.4 Å². The zero-order valence-corrected chi connectivity index (χ0v) is 11.9. The highest BCUT2D eigenvalue weighted by molar-refractivity contribution is 8.00. The molecule has 6 heteroatoms. The van der Waals surface area contributed by atoms with Gasteiger partial charge in [0.1, 0.15) is 6.33 Å². The number of ether oxygens (including phenoxy) is 1. The van der Waals surface area contributed by atoms with Crippen LogP contribution in [0, 0.1) is 0 Å². The van der Waals surface area contributed by atoms with E-state index in [-0.39, 0.29) is 0 Å². The van der Waals surface area contributed by atoms with E-state index in [1.165, 1.54) is 18.6 Å². The van der Waals surface area contributed by atoms with E-state index in [9.17, 15) is 0 Å². The molecule has 0 spiro atoms. The molecule has 0 bridgehead atoms. The van der Waals surface area contributed by atoms with Crippen molar-refractivity contribution < 1.29 is 4.74 Å². The molecule has 0 amide bonds. The molecule has 1 unspecified atom stereocenters. The van der Waals surface area contributed by atoms with Gasteiger partial charge in [-0.25, -0.2) is 9.97 Å². The van der Waals surface area contributed by atoms with Crippen molar-refractivity contribution >= 4 is 23.4 Å². The second-order valence-electron chi connectivity index (χ2n) is 4.61. The third kappa shape index (κ3) is 2.80. The summed E-state index contributed by atoms with van der Waals surface area (Å²) in [5, 5.41) is 6.39. The molecule has 1 aromatic rings. The van der Waals surface area contributed by atoms with Gasteiger partial charge in [-0.05, 0) is 25.5 Å².